The Balaban J connectivity index is 2.14. The third-order valence-corrected chi connectivity index (χ3v) is 6.43. The van der Waals surface area contributed by atoms with E-state index in [-0.39, 0.29) is 32.6 Å². The van der Waals surface area contributed by atoms with Crippen molar-refractivity contribution in [2.24, 2.45) is 10.7 Å². The highest BCUT2D eigenvalue weighted by Gasteiger charge is 2.20. The van der Waals surface area contributed by atoms with Crippen LogP contribution in [0.1, 0.15) is 19.4 Å². The van der Waals surface area contributed by atoms with Gasteiger partial charge in [-0.15, -0.1) is 0 Å². The Morgan fingerprint density at radius 3 is 2.26 bits per heavy atom. The van der Waals surface area contributed by atoms with E-state index in [0.29, 0.717) is 11.1 Å². The average Bonchev–Trinajstić information content (AvgIpc) is 2.73. The van der Waals surface area contributed by atoms with E-state index >= 15 is 4.39 Å². The van der Waals surface area contributed by atoms with Crippen LogP contribution in [0.5, 0.6) is 0 Å². The van der Waals surface area contributed by atoms with E-state index in [2.05, 4.69) is 4.99 Å². The second-order valence-electron chi connectivity index (χ2n) is 8.22. The first-order chi connectivity index (χ1) is 15.8. The molecule has 0 fully saturated rings. The first-order valence-corrected chi connectivity index (χ1v) is 12.4. The summed E-state index contributed by atoms with van der Waals surface area (Å²) in [4.78, 5) is 4.36. The molecule has 0 bridgehead atoms. The summed E-state index contributed by atoms with van der Waals surface area (Å²) < 4.78 is 53.4. The molecular formula is C25H23ClF2N2O3S. The predicted molar refractivity (Wildman–Crippen MR) is 131 cm³/mol. The lowest BCUT2D eigenvalue weighted by molar-refractivity contribution is 0.118. The van der Waals surface area contributed by atoms with Crippen LogP contribution in [0.15, 0.2) is 82.3 Å². The maximum atomic E-state index is 15.1. The zero-order valence-corrected chi connectivity index (χ0v) is 20.3. The predicted octanol–water partition coefficient (Wildman–Crippen LogP) is 5.42. The van der Waals surface area contributed by atoms with Gasteiger partial charge >= 0.3 is 0 Å². The second-order valence-corrected chi connectivity index (χ2v) is 10.6. The Kier molecular flexibility index (Phi) is 7.26. The largest absolute Gasteiger partial charge is 0.400 e. The lowest BCUT2D eigenvalue weighted by Crippen LogP contribution is -2.28. The minimum absolute atomic E-state index is 0.0276. The molecule has 0 aliphatic rings. The third kappa shape index (κ3) is 5.88. The molecule has 3 rings (SSSR count). The molecule has 0 aromatic heterocycles. The van der Waals surface area contributed by atoms with Crippen LogP contribution in [0, 0.1) is 11.6 Å². The molecule has 0 spiro atoms. The number of nitrogens with zero attached hydrogens (tertiary/aromatic N) is 1. The number of hydrogen-bond donors (Lipinski definition) is 2. The topological polar surface area (TPSA) is 92.8 Å². The normalized spacial score (nSPS) is 13.3. The van der Waals surface area contributed by atoms with Gasteiger partial charge in [0.2, 0.25) is 0 Å². The molecule has 0 saturated heterocycles. The van der Waals surface area contributed by atoms with Gasteiger partial charge in [-0.2, -0.15) is 0 Å². The van der Waals surface area contributed by atoms with Crippen molar-refractivity contribution >= 4 is 32.8 Å². The monoisotopic (exact) mass is 504 g/mol. The molecule has 0 heterocycles. The highest BCUT2D eigenvalue weighted by Crippen LogP contribution is 2.30. The molecule has 0 aliphatic heterocycles. The van der Waals surface area contributed by atoms with Crippen LogP contribution in [-0.2, 0) is 9.84 Å². The SMILES string of the molecule is CC(C)(O)/C(N)=C/C(=Nc1ccc(-c2cccc(S(C)(=O)=O)c2)cc1F)c1c(F)cccc1Cl. The summed E-state index contributed by atoms with van der Waals surface area (Å²) in [6, 6.07) is 14.3. The Labute approximate surface area is 202 Å². The van der Waals surface area contributed by atoms with Crippen molar-refractivity contribution in [2.45, 2.75) is 24.3 Å². The molecule has 3 aromatic carbocycles. The van der Waals surface area contributed by atoms with Crippen LogP contribution in [-0.4, -0.2) is 31.1 Å². The minimum atomic E-state index is -3.43. The van der Waals surface area contributed by atoms with Crippen molar-refractivity contribution in [3.63, 3.8) is 0 Å². The fraction of sp³-hybridized carbons (Fsp3) is 0.160. The molecule has 0 radical (unpaired) electrons. The van der Waals surface area contributed by atoms with Crippen LogP contribution < -0.4 is 5.73 Å². The van der Waals surface area contributed by atoms with E-state index in [1.165, 1.54) is 62.4 Å². The van der Waals surface area contributed by atoms with Crippen LogP contribution in [0.4, 0.5) is 14.5 Å². The van der Waals surface area contributed by atoms with Gasteiger partial charge in [0.15, 0.2) is 9.84 Å². The molecule has 178 valence electrons. The molecule has 5 nitrogen and oxygen atoms in total. The molecule has 9 heteroatoms. The van der Waals surface area contributed by atoms with E-state index < -0.39 is 27.1 Å². The lowest BCUT2D eigenvalue weighted by Gasteiger charge is -2.18. The number of allylic oxidation sites excluding steroid dienone is 1. The molecule has 3 aromatic rings. The molecule has 0 amide bonds. The number of sulfone groups is 1. The zero-order valence-electron chi connectivity index (χ0n) is 18.7. The van der Waals surface area contributed by atoms with E-state index in [9.17, 15) is 17.9 Å². The van der Waals surface area contributed by atoms with Gasteiger partial charge in [0.05, 0.1) is 32.5 Å². The molecule has 3 N–H and O–H groups in total. The van der Waals surface area contributed by atoms with Crippen molar-refractivity contribution in [2.75, 3.05) is 6.26 Å². The summed E-state index contributed by atoms with van der Waals surface area (Å²) in [6.07, 6.45) is 2.33. The van der Waals surface area contributed by atoms with Crippen LogP contribution in [0.2, 0.25) is 5.02 Å². The van der Waals surface area contributed by atoms with Gasteiger partial charge in [-0.1, -0.05) is 35.9 Å². The smallest absolute Gasteiger partial charge is 0.175 e. The summed E-state index contributed by atoms with van der Waals surface area (Å²) in [6.45, 7) is 2.89. The third-order valence-electron chi connectivity index (χ3n) is 5.00. The number of rotatable bonds is 6. The number of aliphatic imine (C=N–C) groups is 1. The van der Waals surface area contributed by atoms with Gasteiger partial charge in [0.1, 0.15) is 11.6 Å². The van der Waals surface area contributed by atoms with E-state index in [4.69, 9.17) is 17.3 Å². The summed E-state index contributed by atoms with van der Waals surface area (Å²) >= 11 is 6.19. The molecule has 0 unspecified atom stereocenters. The number of halogens is 3. The van der Waals surface area contributed by atoms with Crippen molar-refractivity contribution in [1.29, 1.82) is 0 Å². The van der Waals surface area contributed by atoms with Crippen molar-refractivity contribution < 1.29 is 22.3 Å². The van der Waals surface area contributed by atoms with Gasteiger partial charge in [-0.3, -0.25) is 0 Å². The summed E-state index contributed by atoms with van der Waals surface area (Å²) in [5.41, 5.74) is 5.12. The Morgan fingerprint density at radius 1 is 1.03 bits per heavy atom. The quantitative estimate of drug-likeness (QED) is 0.438. The van der Waals surface area contributed by atoms with E-state index in [0.717, 1.165) is 6.26 Å². The van der Waals surface area contributed by atoms with Gasteiger partial charge in [0.25, 0.3) is 0 Å². The Bertz CT molecular complexity index is 1390. The highest BCUT2D eigenvalue weighted by atomic mass is 35.5. The van der Waals surface area contributed by atoms with E-state index in [1.54, 1.807) is 18.2 Å². The first-order valence-electron chi connectivity index (χ1n) is 10.1. The van der Waals surface area contributed by atoms with E-state index in [1.807, 2.05) is 0 Å². The van der Waals surface area contributed by atoms with Gasteiger partial charge in [-0.05, 0) is 67.4 Å². The lowest BCUT2D eigenvalue weighted by atomic mass is 10.0. The standard InChI is InChI=1S/C25H23ClF2N2O3S/c1-25(2,31)23(29)14-22(24-18(26)8-5-9-19(24)27)30-21-11-10-16(13-20(21)28)15-6-4-7-17(12-15)34(3,32)33/h4-14,31H,29H2,1-3H3/b23-14-,30-22?. The summed E-state index contributed by atoms with van der Waals surface area (Å²) in [5, 5.41) is 10.2. The number of aliphatic hydroxyl groups is 1. The maximum Gasteiger partial charge on any atom is 0.175 e. The zero-order chi connectivity index (χ0) is 25.3. The minimum Gasteiger partial charge on any atom is -0.400 e. The van der Waals surface area contributed by atoms with Crippen molar-refractivity contribution in [3.05, 3.63) is 94.7 Å². The number of hydrogen-bond acceptors (Lipinski definition) is 5. The molecule has 0 atom stereocenters. The summed E-state index contributed by atoms with van der Waals surface area (Å²) in [5.74, 6) is -1.43. The second kappa shape index (κ2) is 9.66. The maximum absolute atomic E-state index is 15.1. The number of nitrogens with two attached hydrogens (primary N) is 1. The highest BCUT2D eigenvalue weighted by molar-refractivity contribution is 7.90. The average molecular weight is 505 g/mol. The molecule has 0 saturated carbocycles. The van der Waals surface area contributed by atoms with Gasteiger partial charge in [-0.25, -0.2) is 22.2 Å². The van der Waals surface area contributed by atoms with Gasteiger partial charge in [0, 0.05) is 12.0 Å². The summed E-state index contributed by atoms with van der Waals surface area (Å²) in [7, 11) is -3.43. The van der Waals surface area contributed by atoms with Crippen LogP contribution >= 0.6 is 11.6 Å². The Morgan fingerprint density at radius 2 is 1.68 bits per heavy atom. The van der Waals surface area contributed by atoms with Crippen molar-refractivity contribution in [1.82, 2.24) is 0 Å². The van der Waals surface area contributed by atoms with Crippen LogP contribution in [0.25, 0.3) is 11.1 Å². The Hall–Kier alpha value is -3.07. The molecule has 34 heavy (non-hydrogen) atoms. The fourth-order valence-corrected chi connectivity index (χ4v) is 3.97. The fourth-order valence-electron chi connectivity index (χ4n) is 3.04. The van der Waals surface area contributed by atoms with Crippen molar-refractivity contribution in [3.8, 4) is 11.1 Å². The van der Waals surface area contributed by atoms with Gasteiger partial charge < -0.3 is 10.8 Å². The number of benzene rings is 3. The first kappa shape index (κ1) is 25.6. The molecular weight excluding hydrogens is 482 g/mol. The van der Waals surface area contributed by atoms with Crippen LogP contribution in [0.3, 0.4) is 0 Å². The molecule has 0 aliphatic carbocycles.